The van der Waals surface area contributed by atoms with Gasteiger partial charge >= 0.3 is 0 Å². The van der Waals surface area contributed by atoms with Gasteiger partial charge in [0, 0.05) is 6.61 Å². The number of anilines is 1. The highest BCUT2D eigenvalue weighted by Gasteiger charge is 2.23. The van der Waals surface area contributed by atoms with Crippen LogP contribution in [0.15, 0.2) is 6.20 Å². The SMILES string of the molecule is CC1CC(n2ncc(Cl)c2N)CCO1. The lowest BCUT2D eigenvalue weighted by Crippen LogP contribution is -2.26. The molecule has 0 aromatic carbocycles. The van der Waals surface area contributed by atoms with Crippen molar-refractivity contribution in [3.05, 3.63) is 11.2 Å². The van der Waals surface area contributed by atoms with E-state index in [4.69, 9.17) is 22.1 Å². The van der Waals surface area contributed by atoms with Crippen LogP contribution >= 0.6 is 11.6 Å². The van der Waals surface area contributed by atoms with Crippen LogP contribution in [0.25, 0.3) is 0 Å². The molecule has 14 heavy (non-hydrogen) atoms. The van der Waals surface area contributed by atoms with Gasteiger partial charge in [-0.05, 0) is 19.8 Å². The van der Waals surface area contributed by atoms with Crippen molar-refractivity contribution < 1.29 is 4.74 Å². The van der Waals surface area contributed by atoms with Gasteiger partial charge in [-0.1, -0.05) is 11.6 Å². The van der Waals surface area contributed by atoms with Crippen LogP contribution in [0.2, 0.25) is 5.02 Å². The summed E-state index contributed by atoms with van der Waals surface area (Å²) in [5.74, 6) is 0.561. The molecule has 1 saturated heterocycles. The second kappa shape index (κ2) is 3.79. The van der Waals surface area contributed by atoms with E-state index in [1.54, 1.807) is 10.9 Å². The fourth-order valence-electron chi connectivity index (χ4n) is 1.84. The smallest absolute Gasteiger partial charge is 0.140 e. The minimum Gasteiger partial charge on any atom is -0.383 e. The average Bonchev–Trinajstić information content (AvgIpc) is 2.48. The minimum atomic E-state index is 0.274. The summed E-state index contributed by atoms with van der Waals surface area (Å²) in [4.78, 5) is 0. The Balaban J connectivity index is 2.18. The molecule has 0 amide bonds. The van der Waals surface area contributed by atoms with Gasteiger partial charge in [0.1, 0.15) is 10.8 Å². The van der Waals surface area contributed by atoms with Gasteiger partial charge in [0.25, 0.3) is 0 Å². The highest BCUT2D eigenvalue weighted by molar-refractivity contribution is 6.32. The van der Waals surface area contributed by atoms with Gasteiger partial charge in [-0.3, -0.25) is 0 Å². The molecule has 1 fully saturated rings. The predicted molar refractivity (Wildman–Crippen MR) is 55.3 cm³/mol. The molecule has 2 heterocycles. The van der Waals surface area contributed by atoms with Crippen molar-refractivity contribution in [2.24, 2.45) is 0 Å². The fourth-order valence-corrected chi connectivity index (χ4v) is 1.97. The van der Waals surface area contributed by atoms with Gasteiger partial charge < -0.3 is 10.5 Å². The maximum absolute atomic E-state index is 5.85. The molecule has 2 rings (SSSR count). The second-order valence-electron chi connectivity index (χ2n) is 3.68. The molecule has 1 aliphatic rings. The van der Waals surface area contributed by atoms with Crippen molar-refractivity contribution in [1.29, 1.82) is 0 Å². The van der Waals surface area contributed by atoms with Crippen molar-refractivity contribution in [3.8, 4) is 0 Å². The topological polar surface area (TPSA) is 53.1 Å². The van der Waals surface area contributed by atoms with E-state index >= 15 is 0 Å². The summed E-state index contributed by atoms with van der Waals surface area (Å²) in [6.07, 6.45) is 3.77. The van der Waals surface area contributed by atoms with Crippen LogP contribution in [0.1, 0.15) is 25.8 Å². The number of hydrogen-bond acceptors (Lipinski definition) is 3. The number of ether oxygens (including phenoxy) is 1. The molecule has 0 aliphatic carbocycles. The van der Waals surface area contributed by atoms with Crippen LogP contribution in [0.5, 0.6) is 0 Å². The normalized spacial score (nSPS) is 27.9. The molecule has 0 bridgehead atoms. The Morgan fingerprint density at radius 3 is 3.07 bits per heavy atom. The van der Waals surface area contributed by atoms with E-state index in [0.29, 0.717) is 16.9 Å². The molecule has 1 aromatic rings. The van der Waals surface area contributed by atoms with E-state index in [-0.39, 0.29) is 6.10 Å². The summed E-state index contributed by atoms with van der Waals surface area (Å²) >= 11 is 5.85. The molecule has 0 spiro atoms. The molecular weight excluding hydrogens is 202 g/mol. The van der Waals surface area contributed by atoms with E-state index in [1.807, 2.05) is 0 Å². The summed E-state index contributed by atoms with van der Waals surface area (Å²) in [5.41, 5.74) is 5.81. The molecule has 2 N–H and O–H groups in total. The van der Waals surface area contributed by atoms with Crippen molar-refractivity contribution in [3.63, 3.8) is 0 Å². The number of hydrogen-bond donors (Lipinski definition) is 1. The van der Waals surface area contributed by atoms with Crippen molar-refractivity contribution in [1.82, 2.24) is 9.78 Å². The van der Waals surface area contributed by atoms with E-state index in [9.17, 15) is 0 Å². The van der Waals surface area contributed by atoms with Crippen molar-refractivity contribution >= 4 is 17.4 Å². The molecule has 78 valence electrons. The zero-order valence-electron chi connectivity index (χ0n) is 8.11. The standard InChI is InChI=1S/C9H14ClN3O/c1-6-4-7(2-3-14-6)13-9(11)8(10)5-12-13/h5-7H,2-4,11H2,1H3. The predicted octanol–water partition coefficient (Wildman–Crippen LogP) is 1.86. The summed E-state index contributed by atoms with van der Waals surface area (Å²) < 4.78 is 7.27. The zero-order chi connectivity index (χ0) is 10.1. The van der Waals surface area contributed by atoms with Crippen molar-refractivity contribution in [2.75, 3.05) is 12.3 Å². The molecule has 1 aromatic heterocycles. The fraction of sp³-hybridized carbons (Fsp3) is 0.667. The molecule has 4 nitrogen and oxygen atoms in total. The zero-order valence-corrected chi connectivity index (χ0v) is 8.87. The number of nitrogens with zero attached hydrogens (tertiary/aromatic N) is 2. The van der Waals surface area contributed by atoms with Gasteiger partial charge in [0.05, 0.1) is 18.3 Å². The van der Waals surface area contributed by atoms with Crippen LogP contribution < -0.4 is 5.73 Å². The highest BCUT2D eigenvalue weighted by atomic mass is 35.5. The monoisotopic (exact) mass is 215 g/mol. The maximum Gasteiger partial charge on any atom is 0.140 e. The first-order valence-electron chi connectivity index (χ1n) is 4.78. The lowest BCUT2D eigenvalue weighted by molar-refractivity contribution is 0.00399. The number of nitrogens with two attached hydrogens (primary N) is 1. The van der Waals surface area contributed by atoms with Crippen molar-refractivity contribution in [2.45, 2.75) is 31.9 Å². The average molecular weight is 216 g/mol. The van der Waals surface area contributed by atoms with Crippen LogP contribution in [-0.2, 0) is 4.74 Å². The molecule has 2 unspecified atom stereocenters. The molecular formula is C9H14ClN3O. The Bertz CT molecular complexity index is 326. The molecule has 1 aliphatic heterocycles. The summed E-state index contributed by atoms with van der Waals surface area (Å²) in [6.45, 7) is 2.83. The van der Waals surface area contributed by atoms with Gasteiger partial charge in [-0.15, -0.1) is 0 Å². The Labute approximate surface area is 88.0 Å². The van der Waals surface area contributed by atoms with E-state index < -0.39 is 0 Å². The molecule has 5 heteroatoms. The third kappa shape index (κ3) is 1.72. The van der Waals surface area contributed by atoms with E-state index in [0.717, 1.165) is 19.4 Å². The lowest BCUT2D eigenvalue weighted by Gasteiger charge is -2.27. The third-order valence-electron chi connectivity index (χ3n) is 2.59. The molecule has 0 radical (unpaired) electrons. The highest BCUT2D eigenvalue weighted by Crippen LogP contribution is 2.29. The third-order valence-corrected chi connectivity index (χ3v) is 2.88. The maximum atomic E-state index is 5.85. The second-order valence-corrected chi connectivity index (χ2v) is 4.09. The van der Waals surface area contributed by atoms with Gasteiger partial charge in [0.2, 0.25) is 0 Å². The van der Waals surface area contributed by atoms with Crippen LogP contribution in [0.3, 0.4) is 0 Å². The Morgan fingerprint density at radius 1 is 1.71 bits per heavy atom. The lowest BCUT2D eigenvalue weighted by atomic mass is 10.0. The Hall–Kier alpha value is -0.740. The Morgan fingerprint density at radius 2 is 2.50 bits per heavy atom. The summed E-state index contributed by atoms with van der Waals surface area (Å²) in [5, 5.41) is 4.71. The summed E-state index contributed by atoms with van der Waals surface area (Å²) in [7, 11) is 0. The van der Waals surface area contributed by atoms with Gasteiger partial charge in [0.15, 0.2) is 0 Å². The first-order chi connectivity index (χ1) is 6.68. The summed E-state index contributed by atoms with van der Waals surface area (Å²) in [6, 6.07) is 0.325. The Kier molecular flexibility index (Phi) is 2.65. The van der Waals surface area contributed by atoms with Crippen LogP contribution in [0, 0.1) is 0 Å². The largest absolute Gasteiger partial charge is 0.383 e. The van der Waals surface area contributed by atoms with E-state index in [2.05, 4.69) is 12.0 Å². The first-order valence-corrected chi connectivity index (χ1v) is 5.16. The van der Waals surface area contributed by atoms with Crippen LogP contribution in [-0.4, -0.2) is 22.5 Å². The minimum absolute atomic E-state index is 0.274. The number of halogens is 1. The number of aromatic nitrogens is 2. The van der Waals surface area contributed by atoms with Gasteiger partial charge in [-0.2, -0.15) is 5.10 Å². The molecule has 0 saturated carbocycles. The number of rotatable bonds is 1. The van der Waals surface area contributed by atoms with Gasteiger partial charge in [-0.25, -0.2) is 4.68 Å². The molecule has 2 atom stereocenters. The van der Waals surface area contributed by atoms with E-state index in [1.165, 1.54) is 0 Å². The number of nitrogen functional groups attached to an aromatic ring is 1. The quantitative estimate of drug-likeness (QED) is 0.778. The first kappa shape index (κ1) is 9.80. The van der Waals surface area contributed by atoms with Crippen LogP contribution in [0.4, 0.5) is 5.82 Å².